The van der Waals surface area contributed by atoms with Gasteiger partial charge < -0.3 is 9.73 Å². The lowest BCUT2D eigenvalue weighted by molar-refractivity contribution is 0.489. The summed E-state index contributed by atoms with van der Waals surface area (Å²) in [5, 5.41) is 12.1. The number of thioether (sulfide) groups is 1. The third-order valence-corrected chi connectivity index (χ3v) is 5.15. The molecule has 0 saturated heterocycles. The molecule has 3 aromatic rings. The monoisotopic (exact) mass is 350 g/mol. The van der Waals surface area contributed by atoms with E-state index >= 15 is 0 Å². The van der Waals surface area contributed by atoms with Gasteiger partial charge in [0.25, 0.3) is 0 Å². The number of hydrogen-bond donors (Lipinski definition) is 1. The zero-order chi connectivity index (χ0) is 16.2. The minimum Gasteiger partial charge on any atom is -0.445 e. The number of nitrogens with one attached hydrogen (secondary N) is 1. The van der Waals surface area contributed by atoms with Gasteiger partial charge in [0.05, 0.1) is 11.4 Å². The molecule has 0 fully saturated rings. The summed E-state index contributed by atoms with van der Waals surface area (Å²) in [5.41, 5.74) is 1.90. The quantitative estimate of drug-likeness (QED) is 0.673. The summed E-state index contributed by atoms with van der Waals surface area (Å²) in [5.74, 6) is 1.93. The second-order valence-electron chi connectivity index (χ2n) is 4.89. The molecule has 0 unspecified atom stereocenters. The highest BCUT2D eigenvalue weighted by Gasteiger charge is 2.09. The Labute approximate surface area is 141 Å². The zero-order valence-electron chi connectivity index (χ0n) is 12.7. The largest absolute Gasteiger partial charge is 0.445 e. The second-order valence-corrected chi connectivity index (χ2v) is 7.09. The highest BCUT2D eigenvalue weighted by molar-refractivity contribution is 8.00. The Bertz CT molecular complexity index is 766. The molecule has 0 radical (unpaired) electrons. The first-order valence-corrected chi connectivity index (χ1v) is 8.78. The molecule has 0 atom stereocenters. The van der Waals surface area contributed by atoms with Gasteiger partial charge in [0.15, 0.2) is 4.34 Å². The normalized spacial score (nSPS) is 10.9. The zero-order valence-corrected chi connectivity index (χ0v) is 14.3. The molecule has 1 aromatic carbocycles. The van der Waals surface area contributed by atoms with Crippen molar-refractivity contribution in [1.82, 2.24) is 15.2 Å². The van der Waals surface area contributed by atoms with E-state index in [0.29, 0.717) is 18.2 Å². The smallest absolute Gasteiger partial charge is 0.206 e. The molecule has 23 heavy (non-hydrogen) atoms. The van der Waals surface area contributed by atoms with Crippen LogP contribution in [0.4, 0.5) is 9.52 Å². The van der Waals surface area contributed by atoms with Gasteiger partial charge in [-0.05, 0) is 31.5 Å². The third-order valence-electron chi connectivity index (χ3n) is 3.16. The molecular formula is C15H15FN4OS2. The minimum atomic E-state index is -0.236. The van der Waals surface area contributed by atoms with E-state index in [1.807, 2.05) is 13.8 Å². The van der Waals surface area contributed by atoms with E-state index in [1.54, 1.807) is 12.1 Å². The summed E-state index contributed by atoms with van der Waals surface area (Å²) < 4.78 is 19.2. The van der Waals surface area contributed by atoms with E-state index in [9.17, 15) is 4.39 Å². The van der Waals surface area contributed by atoms with Gasteiger partial charge in [-0.25, -0.2) is 9.37 Å². The van der Waals surface area contributed by atoms with Crippen molar-refractivity contribution >= 4 is 28.2 Å². The van der Waals surface area contributed by atoms with E-state index in [-0.39, 0.29) is 5.82 Å². The Kier molecular flexibility index (Phi) is 4.92. The molecule has 120 valence electrons. The van der Waals surface area contributed by atoms with Crippen molar-refractivity contribution in [1.29, 1.82) is 0 Å². The maximum Gasteiger partial charge on any atom is 0.206 e. The second kappa shape index (κ2) is 7.10. The SMILES string of the molecule is Cc1nc(CSc2nnc(NCc3ccc(F)cc3)s2)oc1C. The molecule has 0 saturated carbocycles. The van der Waals surface area contributed by atoms with Crippen LogP contribution in [0.15, 0.2) is 33.0 Å². The van der Waals surface area contributed by atoms with Gasteiger partial charge in [-0.15, -0.1) is 10.2 Å². The molecule has 0 aliphatic rings. The van der Waals surface area contributed by atoms with E-state index in [1.165, 1.54) is 35.2 Å². The Balaban J connectivity index is 1.52. The molecule has 0 aliphatic heterocycles. The first-order chi connectivity index (χ1) is 11.1. The average molecular weight is 350 g/mol. The topological polar surface area (TPSA) is 63.8 Å². The van der Waals surface area contributed by atoms with Gasteiger partial charge in [-0.2, -0.15) is 0 Å². The van der Waals surface area contributed by atoms with Crippen LogP contribution in [0.2, 0.25) is 0 Å². The number of halogens is 1. The number of oxazole rings is 1. The van der Waals surface area contributed by atoms with Crippen LogP contribution >= 0.6 is 23.1 Å². The number of nitrogens with zero attached hydrogens (tertiary/aromatic N) is 3. The van der Waals surface area contributed by atoms with E-state index < -0.39 is 0 Å². The first kappa shape index (κ1) is 15.9. The Morgan fingerprint density at radius 2 is 2.00 bits per heavy atom. The number of anilines is 1. The first-order valence-electron chi connectivity index (χ1n) is 6.97. The lowest BCUT2D eigenvalue weighted by Crippen LogP contribution is -1.98. The lowest BCUT2D eigenvalue weighted by atomic mass is 10.2. The molecular weight excluding hydrogens is 335 g/mol. The van der Waals surface area contributed by atoms with Crippen molar-refractivity contribution in [3.63, 3.8) is 0 Å². The van der Waals surface area contributed by atoms with Gasteiger partial charge in [-0.3, -0.25) is 0 Å². The molecule has 2 aromatic heterocycles. The van der Waals surface area contributed by atoms with Crippen molar-refractivity contribution < 1.29 is 8.81 Å². The minimum absolute atomic E-state index is 0.236. The summed E-state index contributed by atoms with van der Waals surface area (Å²) in [4.78, 5) is 4.34. The molecule has 8 heteroatoms. The van der Waals surface area contributed by atoms with Crippen LogP contribution in [0.3, 0.4) is 0 Å². The third kappa shape index (κ3) is 4.29. The number of aryl methyl sites for hydroxylation is 2. The molecule has 0 aliphatic carbocycles. The molecule has 0 spiro atoms. The van der Waals surface area contributed by atoms with E-state index in [0.717, 1.165) is 26.5 Å². The van der Waals surface area contributed by atoms with Crippen LogP contribution in [0.1, 0.15) is 22.9 Å². The van der Waals surface area contributed by atoms with Crippen LogP contribution in [0.25, 0.3) is 0 Å². The van der Waals surface area contributed by atoms with Crippen molar-refractivity contribution in [2.45, 2.75) is 30.5 Å². The van der Waals surface area contributed by atoms with Crippen molar-refractivity contribution in [3.8, 4) is 0 Å². The lowest BCUT2D eigenvalue weighted by Gasteiger charge is -2.01. The van der Waals surface area contributed by atoms with Gasteiger partial charge >= 0.3 is 0 Å². The number of hydrogen-bond acceptors (Lipinski definition) is 7. The Hall–Kier alpha value is -1.93. The van der Waals surface area contributed by atoms with Gasteiger partial charge in [-0.1, -0.05) is 35.2 Å². The Morgan fingerprint density at radius 3 is 2.70 bits per heavy atom. The predicted molar refractivity (Wildman–Crippen MR) is 89.2 cm³/mol. The molecule has 1 N–H and O–H groups in total. The van der Waals surface area contributed by atoms with Crippen LogP contribution in [-0.4, -0.2) is 15.2 Å². The fourth-order valence-corrected chi connectivity index (χ4v) is 3.44. The van der Waals surface area contributed by atoms with Crippen LogP contribution < -0.4 is 5.32 Å². The summed E-state index contributed by atoms with van der Waals surface area (Å²) in [7, 11) is 0. The molecule has 0 amide bonds. The van der Waals surface area contributed by atoms with E-state index in [2.05, 4.69) is 20.5 Å². The number of benzene rings is 1. The Morgan fingerprint density at radius 1 is 1.22 bits per heavy atom. The van der Waals surface area contributed by atoms with Crippen LogP contribution in [0, 0.1) is 19.7 Å². The highest BCUT2D eigenvalue weighted by atomic mass is 32.2. The maximum absolute atomic E-state index is 12.8. The van der Waals surface area contributed by atoms with Crippen molar-refractivity contribution in [2.24, 2.45) is 0 Å². The molecule has 2 heterocycles. The summed E-state index contributed by atoms with van der Waals surface area (Å²) in [6.07, 6.45) is 0. The molecule has 0 bridgehead atoms. The van der Waals surface area contributed by atoms with Gasteiger partial charge in [0.1, 0.15) is 11.6 Å². The number of rotatable bonds is 6. The van der Waals surface area contributed by atoms with Crippen LogP contribution in [-0.2, 0) is 12.3 Å². The van der Waals surface area contributed by atoms with E-state index in [4.69, 9.17) is 4.42 Å². The fourth-order valence-electron chi connectivity index (χ4n) is 1.84. The highest BCUT2D eigenvalue weighted by Crippen LogP contribution is 2.28. The van der Waals surface area contributed by atoms with Crippen molar-refractivity contribution in [2.75, 3.05) is 5.32 Å². The molecule has 5 nitrogen and oxygen atoms in total. The standard InChI is InChI=1S/C15H15FN4OS2/c1-9-10(2)21-13(18-9)8-22-15-20-19-14(23-15)17-7-11-3-5-12(16)6-4-11/h3-6H,7-8H2,1-2H3,(H,17,19). The number of aromatic nitrogens is 3. The van der Waals surface area contributed by atoms with Crippen molar-refractivity contribution in [3.05, 3.63) is 53.0 Å². The summed E-state index contributed by atoms with van der Waals surface area (Å²) >= 11 is 3.01. The average Bonchev–Trinajstić information content (AvgIpc) is 3.12. The van der Waals surface area contributed by atoms with Crippen LogP contribution in [0.5, 0.6) is 0 Å². The molecule has 3 rings (SSSR count). The predicted octanol–water partition coefficient (Wildman–Crippen LogP) is 4.19. The maximum atomic E-state index is 12.8. The summed E-state index contributed by atoms with van der Waals surface area (Å²) in [6, 6.07) is 6.37. The summed E-state index contributed by atoms with van der Waals surface area (Å²) in [6.45, 7) is 4.41. The van der Waals surface area contributed by atoms with Gasteiger partial charge in [0.2, 0.25) is 11.0 Å². The fraction of sp³-hybridized carbons (Fsp3) is 0.267. The van der Waals surface area contributed by atoms with Gasteiger partial charge in [0, 0.05) is 6.54 Å².